The average molecular weight is 1070 g/mol. The minimum Gasteiger partial charge on any atom is -0.311 e. The molecule has 6 heteroatoms. The number of rotatable bonds is 16. The zero-order chi connectivity index (χ0) is 56.1. The molecule has 0 saturated carbocycles. The highest BCUT2D eigenvalue weighted by Gasteiger charge is 2.23. The van der Waals surface area contributed by atoms with E-state index in [0.29, 0.717) is 65.0 Å². The third-order valence-electron chi connectivity index (χ3n) is 15.7. The minimum atomic E-state index is -0.440. The quantitative estimate of drug-likeness (QED) is 0.0715. The summed E-state index contributed by atoms with van der Waals surface area (Å²) < 4.78 is 34.7. The van der Waals surface area contributed by atoms with E-state index in [1.807, 2.05) is 109 Å². The number of fused-ring (bicyclic) bond motifs is 9. The van der Waals surface area contributed by atoms with Crippen LogP contribution in [0.1, 0.15) is 84.0 Å². The van der Waals surface area contributed by atoms with Crippen LogP contribution in [0.3, 0.4) is 0 Å². The number of halogens is 2. The van der Waals surface area contributed by atoms with Crippen LogP contribution in [0.15, 0.2) is 218 Å². The molecule has 0 fully saturated rings. The number of unbranched alkanes of at least 4 members (excludes halogenated alkanes) is 2. The Morgan fingerprint density at radius 2 is 0.671 bits per heavy atom. The van der Waals surface area contributed by atoms with Gasteiger partial charge in [-0.15, -0.1) is 0 Å². The first kappa shape index (κ1) is 52.6. The van der Waals surface area contributed by atoms with E-state index in [0.717, 1.165) is 106 Å². The second-order valence-corrected chi connectivity index (χ2v) is 21.0. The zero-order valence-electron chi connectivity index (χ0n) is 45.9. The molecular weight excluding hydrogens is 1010 g/mol. The topological polar surface area (TPSA) is 54.1 Å². The zero-order valence-corrected chi connectivity index (χ0v) is 45.9. The van der Waals surface area contributed by atoms with Gasteiger partial charge in [0.15, 0.2) is 0 Å². The third kappa shape index (κ3) is 10.2. The van der Waals surface area contributed by atoms with E-state index in [1.165, 1.54) is 0 Å². The SMILES string of the molecule is CCCCc1cc(C#N)c2c(c1)c(F)cc1c2cc(/C=C/c2ccc(N(c3ccccc3)c3ccccc3)cc2)c2c3cc(F)c4cc(CCCC)cc(C#N)c4c3cc(/C=C/c3ccc(N(c4ccccc4)c4ccccc4)cc3)c12. The molecule has 0 bridgehead atoms. The normalized spacial score (nSPS) is 11.6. The third-order valence-corrected chi connectivity index (χ3v) is 15.7. The van der Waals surface area contributed by atoms with E-state index in [2.05, 4.69) is 157 Å². The first-order chi connectivity index (χ1) is 40.3. The molecular formula is C76H58F2N4. The van der Waals surface area contributed by atoms with Gasteiger partial charge in [0.1, 0.15) is 11.6 Å². The molecule has 0 saturated heterocycles. The van der Waals surface area contributed by atoms with Gasteiger partial charge in [0.05, 0.1) is 23.3 Å². The van der Waals surface area contributed by atoms with Crippen molar-refractivity contribution < 1.29 is 8.78 Å². The van der Waals surface area contributed by atoms with E-state index < -0.39 is 11.6 Å². The van der Waals surface area contributed by atoms with Crippen LogP contribution >= 0.6 is 0 Å². The molecule has 0 unspecified atom stereocenters. The molecule has 0 spiro atoms. The standard InChI is InChI=1S/C76H58F2N4/c1-3-5-19-53-41-57(49-79)73-65-45-55(35-29-51-31-37-63(38-32-51)81(59-21-11-7-12-22-59)60-23-13-8-14-24-60)76-68-48-72(78)70-44-54(20-6-4-2)42-58(50-80)74(70)66(68)46-56(75(76)67(65)47-71(77)69(73)43-53)36-30-52-33-39-64(40-34-52)82(61-25-15-9-16-26-61)62-27-17-10-18-28-62/h7-18,21-48H,3-6,19-20H2,1-2H3/b35-29+,36-30+. The molecule has 12 aromatic rings. The van der Waals surface area contributed by atoms with Crippen molar-refractivity contribution in [1.82, 2.24) is 0 Å². The van der Waals surface area contributed by atoms with Gasteiger partial charge in [-0.25, -0.2) is 8.78 Å². The van der Waals surface area contributed by atoms with Gasteiger partial charge in [0.2, 0.25) is 0 Å². The molecule has 0 radical (unpaired) electrons. The lowest BCUT2D eigenvalue weighted by Crippen LogP contribution is -2.09. The largest absolute Gasteiger partial charge is 0.311 e. The van der Waals surface area contributed by atoms with Gasteiger partial charge in [-0.05, 0) is 213 Å². The molecule has 4 nitrogen and oxygen atoms in total. The lowest BCUT2D eigenvalue weighted by atomic mass is 9.84. The lowest BCUT2D eigenvalue weighted by molar-refractivity contribution is 0.641. The van der Waals surface area contributed by atoms with Gasteiger partial charge < -0.3 is 9.80 Å². The van der Waals surface area contributed by atoms with Gasteiger partial charge >= 0.3 is 0 Å². The van der Waals surface area contributed by atoms with Crippen molar-refractivity contribution in [1.29, 1.82) is 10.5 Å². The molecule has 0 aliphatic heterocycles. The molecule has 82 heavy (non-hydrogen) atoms. The molecule has 0 N–H and O–H groups in total. The van der Waals surface area contributed by atoms with Crippen molar-refractivity contribution in [2.75, 3.05) is 9.80 Å². The highest BCUT2D eigenvalue weighted by Crippen LogP contribution is 2.46. The number of nitriles is 2. The fourth-order valence-electron chi connectivity index (χ4n) is 11.8. The summed E-state index contributed by atoms with van der Waals surface area (Å²) in [6, 6.07) is 77.7. The predicted octanol–water partition coefficient (Wildman–Crippen LogP) is 21.4. The van der Waals surface area contributed by atoms with E-state index >= 15 is 8.78 Å². The van der Waals surface area contributed by atoms with Crippen LogP contribution in [-0.4, -0.2) is 0 Å². The van der Waals surface area contributed by atoms with Gasteiger partial charge in [0, 0.05) is 55.7 Å². The number of hydrogen-bond acceptors (Lipinski definition) is 4. The Labute approximate surface area is 478 Å². The van der Waals surface area contributed by atoms with E-state index in [-0.39, 0.29) is 0 Å². The number of para-hydroxylation sites is 4. The monoisotopic (exact) mass is 1060 g/mol. The minimum absolute atomic E-state index is 0.386. The molecule has 0 atom stereocenters. The summed E-state index contributed by atoms with van der Waals surface area (Å²) >= 11 is 0. The molecule has 0 aliphatic carbocycles. The Hall–Kier alpha value is -10.1. The summed E-state index contributed by atoms with van der Waals surface area (Å²) in [4.78, 5) is 4.44. The Morgan fingerprint density at radius 1 is 0.354 bits per heavy atom. The molecule has 12 rings (SSSR count). The van der Waals surface area contributed by atoms with Crippen LogP contribution < -0.4 is 9.80 Å². The highest BCUT2D eigenvalue weighted by molar-refractivity contribution is 6.30. The van der Waals surface area contributed by atoms with Crippen LogP contribution in [0.25, 0.3) is 78.2 Å². The Kier molecular flexibility index (Phi) is 14.9. The Bertz CT molecular complexity index is 4110. The maximum atomic E-state index is 17.3. The van der Waals surface area contributed by atoms with Crippen molar-refractivity contribution in [2.24, 2.45) is 0 Å². The first-order valence-corrected chi connectivity index (χ1v) is 28.3. The number of nitrogens with zero attached hydrogens (tertiary/aromatic N) is 4. The fourth-order valence-corrected chi connectivity index (χ4v) is 11.8. The van der Waals surface area contributed by atoms with Gasteiger partial charge in [-0.2, -0.15) is 10.5 Å². The second kappa shape index (κ2) is 23.3. The maximum Gasteiger partial charge on any atom is 0.131 e. The van der Waals surface area contributed by atoms with E-state index in [4.69, 9.17) is 0 Å². The summed E-state index contributed by atoms with van der Waals surface area (Å²) in [5.74, 6) is -0.879. The Balaban J connectivity index is 1.11. The fraction of sp³-hybridized carbons (Fsp3) is 0.105. The van der Waals surface area contributed by atoms with E-state index in [9.17, 15) is 10.5 Å². The van der Waals surface area contributed by atoms with Crippen LogP contribution in [-0.2, 0) is 12.8 Å². The molecule has 12 aromatic carbocycles. The summed E-state index contributed by atoms with van der Waals surface area (Å²) in [6.07, 6.45) is 13.4. The van der Waals surface area contributed by atoms with Crippen LogP contribution in [0.4, 0.5) is 42.9 Å². The van der Waals surface area contributed by atoms with Gasteiger partial charge in [0.25, 0.3) is 0 Å². The van der Waals surface area contributed by atoms with Crippen molar-refractivity contribution in [3.63, 3.8) is 0 Å². The van der Waals surface area contributed by atoms with Crippen molar-refractivity contribution in [3.05, 3.63) is 275 Å². The number of hydrogen-bond donors (Lipinski definition) is 0. The molecule has 0 amide bonds. The van der Waals surface area contributed by atoms with Crippen molar-refractivity contribution in [3.8, 4) is 12.1 Å². The van der Waals surface area contributed by atoms with Crippen LogP contribution in [0.5, 0.6) is 0 Å². The smallest absolute Gasteiger partial charge is 0.131 e. The van der Waals surface area contributed by atoms with Crippen LogP contribution in [0.2, 0.25) is 0 Å². The summed E-state index contributed by atoms with van der Waals surface area (Å²) in [5, 5.41) is 27.7. The maximum absolute atomic E-state index is 17.3. The second-order valence-electron chi connectivity index (χ2n) is 21.0. The van der Waals surface area contributed by atoms with Gasteiger partial charge in [-0.3, -0.25) is 0 Å². The molecule has 0 aliphatic rings. The summed E-state index contributed by atoms with van der Waals surface area (Å²) in [6.45, 7) is 4.24. The molecule has 0 aromatic heterocycles. The Morgan fingerprint density at radius 3 is 0.988 bits per heavy atom. The lowest BCUT2D eigenvalue weighted by Gasteiger charge is -2.25. The first-order valence-electron chi connectivity index (χ1n) is 28.3. The number of aryl methyl sites for hydroxylation is 2. The molecule has 396 valence electrons. The van der Waals surface area contributed by atoms with Crippen molar-refractivity contribution >= 4 is 112 Å². The van der Waals surface area contributed by atoms with Crippen molar-refractivity contribution in [2.45, 2.75) is 52.4 Å². The summed E-state index contributed by atoms with van der Waals surface area (Å²) in [5.41, 5.74) is 12.0. The van der Waals surface area contributed by atoms with Gasteiger partial charge in [-0.1, -0.05) is 148 Å². The van der Waals surface area contributed by atoms with Crippen LogP contribution in [0, 0.1) is 34.3 Å². The highest BCUT2D eigenvalue weighted by atomic mass is 19.1. The predicted molar refractivity (Wildman–Crippen MR) is 341 cm³/mol. The summed E-state index contributed by atoms with van der Waals surface area (Å²) in [7, 11) is 0. The number of benzene rings is 12. The van der Waals surface area contributed by atoms with E-state index in [1.54, 1.807) is 12.1 Å². The number of anilines is 6. The average Bonchev–Trinajstić information content (AvgIpc) is 2.14. The molecule has 0 heterocycles.